The standard InChI is InChI=1S/C16H32N2O/c1-13(2)11-19-10-9-18-12-16(4,15-5-6-15)17-8-7-14(18)3/h13-15,17H,5-12H2,1-4H3. The summed E-state index contributed by atoms with van der Waals surface area (Å²) in [6.45, 7) is 14.4. The van der Waals surface area contributed by atoms with E-state index in [0.717, 1.165) is 32.2 Å². The molecule has 0 spiro atoms. The van der Waals surface area contributed by atoms with Gasteiger partial charge in [-0.25, -0.2) is 0 Å². The molecule has 0 bridgehead atoms. The van der Waals surface area contributed by atoms with Gasteiger partial charge in [-0.3, -0.25) is 4.90 Å². The Labute approximate surface area is 119 Å². The fourth-order valence-electron chi connectivity index (χ4n) is 3.18. The van der Waals surface area contributed by atoms with Gasteiger partial charge in [-0.15, -0.1) is 0 Å². The summed E-state index contributed by atoms with van der Waals surface area (Å²) in [6, 6.07) is 0.677. The Morgan fingerprint density at radius 1 is 1.32 bits per heavy atom. The third kappa shape index (κ3) is 4.44. The highest BCUT2D eigenvalue weighted by Crippen LogP contribution is 2.40. The van der Waals surface area contributed by atoms with Crippen LogP contribution in [0.15, 0.2) is 0 Å². The first kappa shape index (κ1) is 15.3. The third-order valence-corrected chi connectivity index (χ3v) is 4.70. The van der Waals surface area contributed by atoms with Crippen LogP contribution in [0.4, 0.5) is 0 Å². The van der Waals surface area contributed by atoms with Crippen LogP contribution in [0.3, 0.4) is 0 Å². The van der Waals surface area contributed by atoms with Crippen molar-refractivity contribution in [2.75, 3.05) is 32.8 Å². The van der Waals surface area contributed by atoms with Crippen molar-refractivity contribution >= 4 is 0 Å². The molecule has 0 amide bonds. The van der Waals surface area contributed by atoms with Gasteiger partial charge in [-0.1, -0.05) is 13.8 Å². The first-order valence-electron chi connectivity index (χ1n) is 8.08. The van der Waals surface area contributed by atoms with Crippen LogP contribution in [-0.4, -0.2) is 49.3 Å². The van der Waals surface area contributed by atoms with Gasteiger partial charge in [0.25, 0.3) is 0 Å². The van der Waals surface area contributed by atoms with Crippen LogP contribution < -0.4 is 5.32 Å². The first-order chi connectivity index (χ1) is 9.01. The van der Waals surface area contributed by atoms with Crippen LogP contribution in [0, 0.1) is 11.8 Å². The van der Waals surface area contributed by atoms with Gasteiger partial charge in [0.15, 0.2) is 0 Å². The molecule has 0 aromatic rings. The van der Waals surface area contributed by atoms with Crippen LogP contribution in [-0.2, 0) is 4.74 Å². The molecule has 1 heterocycles. The molecular formula is C16H32N2O. The quantitative estimate of drug-likeness (QED) is 0.749. The van der Waals surface area contributed by atoms with Gasteiger partial charge in [0.1, 0.15) is 0 Å². The fourth-order valence-corrected chi connectivity index (χ4v) is 3.18. The molecule has 3 nitrogen and oxygen atoms in total. The minimum Gasteiger partial charge on any atom is -0.380 e. The molecule has 1 aliphatic heterocycles. The minimum absolute atomic E-state index is 0.336. The maximum atomic E-state index is 5.77. The number of rotatable bonds is 6. The number of hydrogen-bond acceptors (Lipinski definition) is 3. The highest BCUT2D eigenvalue weighted by atomic mass is 16.5. The van der Waals surface area contributed by atoms with Crippen LogP contribution in [0.2, 0.25) is 0 Å². The van der Waals surface area contributed by atoms with Gasteiger partial charge in [-0.05, 0) is 51.5 Å². The van der Waals surface area contributed by atoms with E-state index in [4.69, 9.17) is 4.74 Å². The molecule has 1 saturated heterocycles. The second-order valence-corrected chi connectivity index (χ2v) is 7.20. The summed E-state index contributed by atoms with van der Waals surface area (Å²) >= 11 is 0. The molecule has 2 aliphatic rings. The Kier molecular flexibility index (Phi) is 5.27. The van der Waals surface area contributed by atoms with E-state index in [2.05, 4.69) is 37.9 Å². The molecule has 2 fully saturated rings. The SMILES string of the molecule is CC(C)COCCN1CC(C)(C2CC2)NCCC1C. The van der Waals surface area contributed by atoms with Gasteiger partial charge in [0.2, 0.25) is 0 Å². The molecule has 1 N–H and O–H groups in total. The zero-order valence-electron chi connectivity index (χ0n) is 13.2. The van der Waals surface area contributed by atoms with Crippen molar-refractivity contribution in [3.05, 3.63) is 0 Å². The van der Waals surface area contributed by atoms with Gasteiger partial charge in [0, 0.05) is 31.3 Å². The molecule has 0 aromatic carbocycles. The van der Waals surface area contributed by atoms with E-state index < -0.39 is 0 Å². The van der Waals surface area contributed by atoms with E-state index >= 15 is 0 Å². The molecule has 2 rings (SSSR count). The summed E-state index contributed by atoms with van der Waals surface area (Å²) in [5, 5.41) is 3.81. The van der Waals surface area contributed by atoms with Crippen LogP contribution in [0.25, 0.3) is 0 Å². The molecule has 2 unspecified atom stereocenters. The summed E-state index contributed by atoms with van der Waals surface area (Å²) in [4.78, 5) is 2.64. The molecule has 3 heteroatoms. The Hall–Kier alpha value is -0.120. The largest absolute Gasteiger partial charge is 0.380 e. The monoisotopic (exact) mass is 268 g/mol. The van der Waals surface area contributed by atoms with Crippen molar-refractivity contribution in [1.82, 2.24) is 10.2 Å². The van der Waals surface area contributed by atoms with E-state index in [0.29, 0.717) is 17.5 Å². The summed E-state index contributed by atoms with van der Waals surface area (Å²) in [6.07, 6.45) is 4.08. The van der Waals surface area contributed by atoms with E-state index in [1.54, 1.807) is 0 Å². The molecule has 19 heavy (non-hydrogen) atoms. The highest BCUT2D eigenvalue weighted by molar-refractivity contribution is 5.01. The lowest BCUT2D eigenvalue weighted by molar-refractivity contribution is 0.0664. The van der Waals surface area contributed by atoms with Gasteiger partial charge >= 0.3 is 0 Å². The molecular weight excluding hydrogens is 236 g/mol. The molecule has 0 radical (unpaired) electrons. The Morgan fingerprint density at radius 3 is 2.68 bits per heavy atom. The summed E-state index contributed by atoms with van der Waals surface area (Å²) in [5.74, 6) is 1.54. The fraction of sp³-hybridized carbons (Fsp3) is 1.00. The molecule has 0 aromatic heterocycles. The Bertz CT molecular complexity index is 278. The second kappa shape index (κ2) is 6.55. The number of hydrogen-bond donors (Lipinski definition) is 1. The van der Waals surface area contributed by atoms with E-state index in [9.17, 15) is 0 Å². The summed E-state index contributed by atoms with van der Waals surface area (Å²) < 4.78 is 5.77. The number of ether oxygens (including phenoxy) is 1. The van der Waals surface area contributed by atoms with Gasteiger partial charge in [-0.2, -0.15) is 0 Å². The topological polar surface area (TPSA) is 24.5 Å². The lowest BCUT2D eigenvalue weighted by atomic mass is 9.95. The predicted molar refractivity (Wildman–Crippen MR) is 80.4 cm³/mol. The number of nitrogens with one attached hydrogen (secondary N) is 1. The zero-order chi connectivity index (χ0) is 13.9. The van der Waals surface area contributed by atoms with E-state index in [1.165, 1.54) is 25.8 Å². The first-order valence-corrected chi connectivity index (χ1v) is 8.08. The lowest BCUT2D eigenvalue weighted by Crippen LogP contribution is -2.52. The van der Waals surface area contributed by atoms with Crippen molar-refractivity contribution in [3.63, 3.8) is 0 Å². The average Bonchev–Trinajstić information content (AvgIpc) is 3.15. The highest BCUT2D eigenvalue weighted by Gasteiger charge is 2.43. The Balaban J connectivity index is 1.81. The Morgan fingerprint density at radius 2 is 2.05 bits per heavy atom. The van der Waals surface area contributed by atoms with Crippen molar-refractivity contribution in [2.24, 2.45) is 11.8 Å². The predicted octanol–water partition coefficient (Wildman–Crippen LogP) is 2.51. The minimum atomic E-state index is 0.336. The third-order valence-electron chi connectivity index (χ3n) is 4.70. The van der Waals surface area contributed by atoms with E-state index in [-0.39, 0.29) is 0 Å². The maximum absolute atomic E-state index is 5.77. The molecule has 1 saturated carbocycles. The van der Waals surface area contributed by atoms with Crippen molar-refractivity contribution in [3.8, 4) is 0 Å². The second-order valence-electron chi connectivity index (χ2n) is 7.20. The van der Waals surface area contributed by atoms with Crippen LogP contribution >= 0.6 is 0 Å². The van der Waals surface area contributed by atoms with Crippen molar-refractivity contribution in [2.45, 2.75) is 58.5 Å². The molecule has 2 atom stereocenters. The lowest BCUT2D eigenvalue weighted by Gasteiger charge is -2.35. The van der Waals surface area contributed by atoms with E-state index in [1.807, 2.05) is 0 Å². The van der Waals surface area contributed by atoms with Gasteiger partial charge in [0.05, 0.1) is 6.61 Å². The molecule has 1 aliphatic carbocycles. The smallest absolute Gasteiger partial charge is 0.0593 e. The maximum Gasteiger partial charge on any atom is 0.0593 e. The van der Waals surface area contributed by atoms with Crippen LogP contribution in [0.5, 0.6) is 0 Å². The van der Waals surface area contributed by atoms with Crippen LogP contribution in [0.1, 0.15) is 47.0 Å². The summed E-state index contributed by atoms with van der Waals surface area (Å²) in [7, 11) is 0. The van der Waals surface area contributed by atoms with Crippen molar-refractivity contribution < 1.29 is 4.74 Å². The van der Waals surface area contributed by atoms with Crippen molar-refractivity contribution in [1.29, 1.82) is 0 Å². The van der Waals surface area contributed by atoms with Gasteiger partial charge < -0.3 is 10.1 Å². The normalized spacial score (nSPS) is 33.6. The number of nitrogens with zero attached hydrogens (tertiary/aromatic N) is 1. The summed E-state index contributed by atoms with van der Waals surface area (Å²) in [5.41, 5.74) is 0.336. The zero-order valence-corrected chi connectivity index (χ0v) is 13.2. The molecule has 112 valence electrons. The average molecular weight is 268 g/mol.